The molecule has 0 amide bonds. The zero-order chi connectivity index (χ0) is 23.2. The van der Waals surface area contributed by atoms with E-state index in [0.717, 1.165) is 54.7 Å². The quantitative estimate of drug-likeness (QED) is 0.402. The van der Waals surface area contributed by atoms with Crippen LogP contribution in [0.3, 0.4) is 0 Å². The topological polar surface area (TPSA) is 53.0 Å². The van der Waals surface area contributed by atoms with Crippen molar-refractivity contribution < 1.29 is 0 Å². The lowest BCUT2D eigenvalue weighted by molar-refractivity contribution is 0.340. The summed E-state index contributed by atoms with van der Waals surface area (Å²) in [4.78, 5) is 9.54. The van der Waals surface area contributed by atoms with Gasteiger partial charge in [0.15, 0.2) is 5.82 Å². The van der Waals surface area contributed by atoms with Crippen LogP contribution in [0.1, 0.15) is 17.5 Å². The molecule has 1 atom stereocenters. The van der Waals surface area contributed by atoms with E-state index in [4.69, 9.17) is 10.2 Å². The number of benzene rings is 2. The number of nitriles is 1. The Morgan fingerprint density at radius 2 is 1.94 bits per heavy atom. The van der Waals surface area contributed by atoms with E-state index in [-0.39, 0.29) is 0 Å². The summed E-state index contributed by atoms with van der Waals surface area (Å²) in [5.41, 5.74) is 7.84. The first-order valence-electron chi connectivity index (χ1n) is 11.9. The summed E-state index contributed by atoms with van der Waals surface area (Å²) in [5, 5.41) is 9.12. The largest absolute Gasteiger partial charge is 0.371 e. The molecule has 2 aromatic carbocycles. The predicted octanol–water partition coefficient (Wildman–Crippen LogP) is 4.63. The fraction of sp³-hybridized carbons (Fsp3) is 0.286. The summed E-state index contributed by atoms with van der Waals surface area (Å²) >= 11 is 0. The minimum Gasteiger partial charge on any atom is -0.371 e. The summed E-state index contributed by atoms with van der Waals surface area (Å²) in [5.74, 6) is 1.68. The molecular formula is C28H28N6. The minimum absolute atomic E-state index is 0.677. The van der Waals surface area contributed by atoms with E-state index in [1.54, 1.807) is 0 Å². The third-order valence-electron chi connectivity index (χ3n) is 7.05. The normalized spacial score (nSPS) is 16.6. The van der Waals surface area contributed by atoms with Gasteiger partial charge < -0.3 is 14.4 Å². The molecule has 0 N–H and O–H groups in total. The second-order valence-corrected chi connectivity index (χ2v) is 9.73. The number of fused-ring (bicyclic) bond motifs is 5. The van der Waals surface area contributed by atoms with Crippen molar-refractivity contribution in [2.24, 2.45) is 5.92 Å². The highest BCUT2D eigenvalue weighted by atomic mass is 15.2. The molecule has 0 bridgehead atoms. The van der Waals surface area contributed by atoms with E-state index in [9.17, 15) is 0 Å². The highest BCUT2D eigenvalue weighted by Crippen LogP contribution is 2.36. The first kappa shape index (κ1) is 20.8. The van der Waals surface area contributed by atoms with Gasteiger partial charge in [-0.1, -0.05) is 12.1 Å². The van der Waals surface area contributed by atoms with E-state index in [1.165, 1.54) is 23.4 Å². The van der Waals surface area contributed by atoms with Gasteiger partial charge >= 0.3 is 0 Å². The van der Waals surface area contributed by atoms with Gasteiger partial charge in [0.1, 0.15) is 0 Å². The van der Waals surface area contributed by atoms with Gasteiger partial charge in [-0.2, -0.15) is 5.26 Å². The molecule has 34 heavy (non-hydrogen) atoms. The zero-order valence-corrected chi connectivity index (χ0v) is 19.6. The lowest BCUT2D eigenvalue weighted by Gasteiger charge is -2.22. The SMILES string of the molecule is CN(C)C[C@@H]1CCN(c2ccc3c(c2)Cn2cc(-c4ccc(C#N)cc4)cc2-c2nccn2-3)C1. The first-order chi connectivity index (χ1) is 16.6. The average molecular weight is 449 g/mol. The van der Waals surface area contributed by atoms with Gasteiger partial charge in [-0.3, -0.25) is 4.57 Å². The van der Waals surface area contributed by atoms with Crippen molar-refractivity contribution in [3.8, 4) is 34.4 Å². The van der Waals surface area contributed by atoms with Crippen LogP contribution in [0.25, 0.3) is 28.3 Å². The number of hydrogen-bond acceptors (Lipinski definition) is 4. The van der Waals surface area contributed by atoms with Gasteiger partial charge in [0.2, 0.25) is 0 Å². The number of anilines is 1. The second kappa shape index (κ2) is 8.19. The van der Waals surface area contributed by atoms with Crippen LogP contribution >= 0.6 is 0 Å². The van der Waals surface area contributed by atoms with Gasteiger partial charge in [-0.05, 0) is 74.0 Å². The number of hydrogen-bond donors (Lipinski definition) is 0. The highest BCUT2D eigenvalue weighted by molar-refractivity contribution is 5.72. The summed E-state index contributed by atoms with van der Waals surface area (Å²) in [7, 11) is 4.32. The van der Waals surface area contributed by atoms with Crippen LogP contribution in [0.4, 0.5) is 5.69 Å². The molecule has 1 fully saturated rings. The van der Waals surface area contributed by atoms with Crippen molar-refractivity contribution in [3.63, 3.8) is 0 Å². The fourth-order valence-corrected chi connectivity index (χ4v) is 5.46. The number of aromatic nitrogens is 3. The Balaban J connectivity index is 1.36. The van der Waals surface area contributed by atoms with Crippen LogP contribution in [0, 0.1) is 17.2 Å². The molecule has 2 aliphatic rings. The summed E-state index contributed by atoms with van der Waals surface area (Å²) < 4.78 is 4.51. The summed E-state index contributed by atoms with van der Waals surface area (Å²) in [6, 6.07) is 19.1. The second-order valence-electron chi connectivity index (χ2n) is 9.73. The molecule has 1 saturated heterocycles. The van der Waals surface area contributed by atoms with E-state index in [1.807, 2.05) is 30.5 Å². The maximum atomic E-state index is 9.12. The van der Waals surface area contributed by atoms with Gasteiger partial charge in [0.25, 0.3) is 0 Å². The maximum absolute atomic E-state index is 9.12. The number of rotatable bonds is 4. The van der Waals surface area contributed by atoms with Crippen molar-refractivity contribution in [2.45, 2.75) is 13.0 Å². The van der Waals surface area contributed by atoms with Crippen molar-refractivity contribution in [1.29, 1.82) is 5.26 Å². The third-order valence-corrected chi connectivity index (χ3v) is 7.05. The van der Waals surface area contributed by atoms with E-state index >= 15 is 0 Å². The smallest absolute Gasteiger partial charge is 0.161 e. The van der Waals surface area contributed by atoms with Crippen molar-refractivity contribution in [3.05, 3.63) is 78.2 Å². The van der Waals surface area contributed by atoms with Crippen LogP contribution in [0.5, 0.6) is 0 Å². The van der Waals surface area contributed by atoms with Gasteiger partial charge in [-0.15, -0.1) is 0 Å². The van der Waals surface area contributed by atoms with Crippen LogP contribution in [0.2, 0.25) is 0 Å². The molecule has 4 aromatic rings. The molecular weight excluding hydrogens is 420 g/mol. The number of nitrogens with zero attached hydrogens (tertiary/aromatic N) is 6. The Morgan fingerprint density at radius 3 is 2.74 bits per heavy atom. The van der Waals surface area contributed by atoms with Crippen LogP contribution < -0.4 is 4.90 Å². The molecule has 0 aliphatic carbocycles. The molecule has 0 unspecified atom stereocenters. The van der Waals surface area contributed by atoms with E-state index < -0.39 is 0 Å². The van der Waals surface area contributed by atoms with Crippen LogP contribution in [-0.4, -0.2) is 52.7 Å². The van der Waals surface area contributed by atoms with E-state index in [2.05, 4.69) is 75.8 Å². The first-order valence-corrected chi connectivity index (χ1v) is 11.9. The average Bonchev–Trinajstić information content (AvgIpc) is 3.57. The lowest BCUT2D eigenvalue weighted by atomic mass is 10.1. The molecule has 170 valence electrons. The molecule has 6 rings (SSSR count). The molecule has 4 heterocycles. The molecule has 2 aromatic heterocycles. The lowest BCUT2D eigenvalue weighted by Crippen LogP contribution is -2.25. The monoisotopic (exact) mass is 448 g/mol. The van der Waals surface area contributed by atoms with Crippen molar-refractivity contribution >= 4 is 5.69 Å². The van der Waals surface area contributed by atoms with Crippen LogP contribution in [0.15, 0.2) is 67.1 Å². The van der Waals surface area contributed by atoms with Gasteiger partial charge in [0.05, 0.1) is 23.0 Å². The number of imidazole rings is 1. The predicted molar refractivity (Wildman–Crippen MR) is 135 cm³/mol. The Morgan fingerprint density at radius 1 is 1.09 bits per heavy atom. The standard InChI is InChI=1S/C28H28N6/c1-31(2)16-21-9-11-32(17-21)25-7-8-26-24(13-25)19-33-18-23(22-5-3-20(15-29)4-6-22)14-27(33)28-30-10-12-34(26)28/h3-8,10,12-14,18,21H,9,11,16-17,19H2,1-2H3/t21-/m0/s1. The van der Waals surface area contributed by atoms with E-state index in [0.29, 0.717) is 5.56 Å². The molecule has 6 nitrogen and oxygen atoms in total. The van der Waals surface area contributed by atoms with Crippen molar-refractivity contribution in [1.82, 2.24) is 19.0 Å². The Kier molecular flexibility index (Phi) is 5.00. The Labute approximate surface area is 200 Å². The third kappa shape index (κ3) is 3.59. The fourth-order valence-electron chi connectivity index (χ4n) is 5.46. The minimum atomic E-state index is 0.677. The zero-order valence-electron chi connectivity index (χ0n) is 19.6. The molecule has 6 heteroatoms. The van der Waals surface area contributed by atoms with Gasteiger partial charge in [-0.25, -0.2) is 4.98 Å². The highest BCUT2D eigenvalue weighted by Gasteiger charge is 2.25. The molecule has 0 saturated carbocycles. The van der Waals surface area contributed by atoms with Crippen molar-refractivity contribution in [2.75, 3.05) is 38.6 Å². The van der Waals surface area contributed by atoms with Gasteiger partial charge in [0, 0.05) is 56.0 Å². The summed E-state index contributed by atoms with van der Waals surface area (Å²) in [6.07, 6.45) is 7.39. The van der Waals surface area contributed by atoms with Crippen LogP contribution in [-0.2, 0) is 6.54 Å². The Bertz CT molecular complexity index is 1390. The molecule has 2 aliphatic heterocycles. The Hall–Kier alpha value is -3.82. The molecule has 0 spiro atoms. The summed E-state index contributed by atoms with van der Waals surface area (Å²) in [6.45, 7) is 4.17. The molecule has 0 radical (unpaired) electrons. The maximum Gasteiger partial charge on any atom is 0.161 e.